The SMILES string of the molecule is O=C1CCCCC1c1ccc(Br)c(Cl)c1F. The van der Waals surface area contributed by atoms with Crippen LogP contribution in [-0.2, 0) is 4.79 Å². The highest BCUT2D eigenvalue weighted by molar-refractivity contribution is 9.10. The van der Waals surface area contributed by atoms with Crippen LogP contribution in [0, 0.1) is 5.82 Å². The summed E-state index contributed by atoms with van der Waals surface area (Å²) in [6, 6.07) is 3.35. The average molecular weight is 306 g/mol. The largest absolute Gasteiger partial charge is 0.299 e. The van der Waals surface area contributed by atoms with Crippen molar-refractivity contribution in [2.24, 2.45) is 0 Å². The molecule has 1 unspecified atom stereocenters. The standard InChI is InChI=1S/C12H11BrClFO/c13-9-6-5-8(12(15)11(9)14)7-3-1-2-4-10(7)16/h5-7H,1-4H2. The molecule has 0 radical (unpaired) electrons. The summed E-state index contributed by atoms with van der Waals surface area (Å²) in [4.78, 5) is 11.7. The van der Waals surface area contributed by atoms with Gasteiger partial charge < -0.3 is 0 Å². The van der Waals surface area contributed by atoms with Crippen molar-refractivity contribution in [3.8, 4) is 0 Å². The zero-order valence-corrected chi connectivity index (χ0v) is 10.9. The quantitative estimate of drug-likeness (QED) is 0.700. The molecule has 86 valence electrons. The smallest absolute Gasteiger partial charge is 0.146 e. The number of rotatable bonds is 1. The van der Waals surface area contributed by atoms with E-state index in [0.717, 1.165) is 19.3 Å². The Bertz CT molecular complexity index is 433. The first-order valence-electron chi connectivity index (χ1n) is 5.27. The number of hydrogen-bond acceptors (Lipinski definition) is 1. The first-order valence-corrected chi connectivity index (χ1v) is 6.44. The van der Waals surface area contributed by atoms with Crippen LogP contribution in [0.5, 0.6) is 0 Å². The van der Waals surface area contributed by atoms with Crippen LogP contribution in [0.25, 0.3) is 0 Å². The zero-order chi connectivity index (χ0) is 11.7. The molecule has 1 aliphatic rings. The van der Waals surface area contributed by atoms with Crippen LogP contribution in [0.1, 0.15) is 37.2 Å². The molecule has 0 bridgehead atoms. The highest BCUT2D eigenvalue weighted by Crippen LogP contribution is 2.36. The molecule has 2 rings (SSSR count). The van der Waals surface area contributed by atoms with Gasteiger partial charge in [-0.05, 0) is 40.4 Å². The molecular weight excluding hydrogens is 294 g/mol. The molecule has 0 spiro atoms. The van der Waals surface area contributed by atoms with E-state index in [9.17, 15) is 9.18 Å². The molecule has 1 nitrogen and oxygen atoms in total. The maximum atomic E-state index is 13.9. The Kier molecular flexibility index (Phi) is 3.65. The fourth-order valence-electron chi connectivity index (χ4n) is 2.12. The number of carbonyl (C=O) groups excluding carboxylic acids is 1. The Labute approximate surface area is 107 Å². The van der Waals surface area contributed by atoms with Crippen LogP contribution in [0.4, 0.5) is 4.39 Å². The molecule has 0 aliphatic heterocycles. The van der Waals surface area contributed by atoms with E-state index in [0.29, 0.717) is 16.5 Å². The van der Waals surface area contributed by atoms with Crippen LogP contribution in [0.2, 0.25) is 5.02 Å². The molecule has 16 heavy (non-hydrogen) atoms. The van der Waals surface area contributed by atoms with Gasteiger partial charge in [-0.2, -0.15) is 0 Å². The molecule has 0 saturated heterocycles. The van der Waals surface area contributed by atoms with Crippen LogP contribution in [0.3, 0.4) is 0 Å². The van der Waals surface area contributed by atoms with Crippen molar-refractivity contribution in [1.29, 1.82) is 0 Å². The molecule has 1 saturated carbocycles. The molecule has 4 heteroatoms. The summed E-state index contributed by atoms with van der Waals surface area (Å²) >= 11 is 8.98. The number of Topliss-reactive ketones (excluding diaryl/α,β-unsaturated/α-hetero) is 1. The van der Waals surface area contributed by atoms with E-state index in [1.807, 2.05) is 0 Å². The molecule has 0 N–H and O–H groups in total. The average Bonchev–Trinajstić information content (AvgIpc) is 2.28. The molecule has 1 atom stereocenters. The van der Waals surface area contributed by atoms with E-state index < -0.39 is 5.82 Å². The maximum absolute atomic E-state index is 13.9. The van der Waals surface area contributed by atoms with Crippen LogP contribution in [0.15, 0.2) is 16.6 Å². The highest BCUT2D eigenvalue weighted by atomic mass is 79.9. The van der Waals surface area contributed by atoms with Gasteiger partial charge >= 0.3 is 0 Å². The third-order valence-electron chi connectivity index (χ3n) is 3.00. The molecule has 0 aromatic heterocycles. The lowest BCUT2D eigenvalue weighted by molar-refractivity contribution is -0.121. The van der Waals surface area contributed by atoms with Crippen molar-refractivity contribution in [3.63, 3.8) is 0 Å². The van der Waals surface area contributed by atoms with Gasteiger partial charge in [0.05, 0.1) is 5.02 Å². The van der Waals surface area contributed by atoms with E-state index in [1.54, 1.807) is 12.1 Å². The number of carbonyl (C=O) groups is 1. The monoisotopic (exact) mass is 304 g/mol. The van der Waals surface area contributed by atoms with Crippen LogP contribution >= 0.6 is 27.5 Å². The molecule has 0 amide bonds. The summed E-state index contributed by atoms with van der Waals surface area (Å²) in [5, 5.41) is 0.0656. The molecule has 0 heterocycles. The lowest BCUT2D eigenvalue weighted by Crippen LogP contribution is -2.18. The normalized spacial score (nSPS) is 21.2. The van der Waals surface area contributed by atoms with Gasteiger partial charge in [-0.1, -0.05) is 24.1 Å². The number of ketones is 1. The summed E-state index contributed by atoms with van der Waals surface area (Å²) in [5.41, 5.74) is 0.443. The molecule has 1 aliphatic carbocycles. The second-order valence-corrected chi connectivity index (χ2v) is 5.26. The molecule has 1 aromatic carbocycles. The van der Waals surface area contributed by atoms with Gasteiger partial charge in [0, 0.05) is 16.8 Å². The van der Waals surface area contributed by atoms with E-state index in [-0.39, 0.29) is 16.7 Å². The maximum Gasteiger partial charge on any atom is 0.146 e. The fraction of sp³-hybridized carbons (Fsp3) is 0.417. The van der Waals surface area contributed by atoms with Gasteiger partial charge in [0.1, 0.15) is 11.6 Å². The summed E-state index contributed by atoms with van der Waals surface area (Å²) in [7, 11) is 0. The van der Waals surface area contributed by atoms with E-state index in [2.05, 4.69) is 15.9 Å². The second kappa shape index (κ2) is 4.84. The lowest BCUT2D eigenvalue weighted by Gasteiger charge is -2.21. The minimum Gasteiger partial charge on any atom is -0.299 e. The second-order valence-electron chi connectivity index (χ2n) is 4.03. The minimum atomic E-state index is -0.462. The van der Waals surface area contributed by atoms with Gasteiger partial charge in [-0.15, -0.1) is 0 Å². The van der Waals surface area contributed by atoms with E-state index in [4.69, 9.17) is 11.6 Å². The Morgan fingerprint density at radius 1 is 1.38 bits per heavy atom. The Morgan fingerprint density at radius 3 is 2.81 bits per heavy atom. The third-order valence-corrected chi connectivity index (χ3v) is 4.25. The first kappa shape index (κ1) is 12.1. The summed E-state index contributed by atoms with van der Waals surface area (Å²) in [6.45, 7) is 0. The Morgan fingerprint density at radius 2 is 2.12 bits per heavy atom. The van der Waals surface area contributed by atoms with Gasteiger partial charge in [-0.3, -0.25) is 4.79 Å². The predicted molar refractivity (Wildman–Crippen MR) is 65.3 cm³/mol. The lowest BCUT2D eigenvalue weighted by atomic mass is 9.83. The summed E-state index contributed by atoms with van der Waals surface area (Å²) < 4.78 is 14.4. The zero-order valence-electron chi connectivity index (χ0n) is 8.60. The molecule has 1 fully saturated rings. The summed E-state index contributed by atoms with van der Waals surface area (Å²) in [5.74, 6) is -0.640. The van der Waals surface area contributed by atoms with Crippen molar-refractivity contribution in [3.05, 3.63) is 33.0 Å². The van der Waals surface area contributed by atoms with Crippen molar-refractivity contribution in [1.82, 2.24) is 0 Å². The van der Waals surface area contributed by atoms with Crippen molar-refractivity contribution in [2.45, 2.75) is 31.6 Å². The molecular formula is C12H11BrClFO. The van der Waals surface area contributed by atoms with Gasteiger partial charge in [0.2, 0.25) is 0 Å². The Balaban J connectivity index is 2.40. The number of halogens is 3. The van der Waals surface area contributed by atoms with Gasteiger partial charge in [0.15, 0.2) is 0 Å². The topological polar surface area (TPSA) is 17.1 Å². The van der Waals surface area contributed by atoms with E-state index >= 15 is 0 Å². The third kappa shape index (κ3) is 2.16. The number of hydrogen-bond donors (Lipinski definition) is 0. The van der Waals surface area contributed by atoms with Crippen LogP contribution in [-0.4, -0.2) is 5.78 Å². The number of benzene rings is 1. The van der Waals surface area contributed by atoms with Gasteiger partial charge in [-0.25, -0.2) is 4.39 Å². The minimum absolute atomic E-state index is 0.0656. The van der Waals surface area contributed by atoms with E-state index in [1.165, 1.54) is 0 Å². The Hall–Kier alpha value is -0.410. The molecule has 1 aromatic rings. The predicted octanol–water partition coefficient (Wildman–Crippen LogP) is 4.47. The van der Waals surface area contributed by atoms with Crippen molar-refractivity contribution >= 4 is 33.3 Å². The van der Waals surface area contributed by atoms with Crippen molar-refractivity contribution < 1.29 is 9.18 Å². The first-order chi connectivity index (χ1) is 7.61. The van der Waals surface area contributed by atoms with Crippen LogP contribution < -0.4 is 0 Å². The van der Waals surface area contributed by atoms with Crippen molar-refractivity contribution in [2.75, 3.05) is 0 Å². The highest BCUT2D eigenvalue weighted by Gasteiger charge is 2.27. The fourth-order valence-corrected chi connectivity index (χ4v) is 2.60. The summed E-state index contributed by atoms with van der Waals surface area (Å²) in [6.07, 6.45) is 3.18. The van der Waals surface area contributed by atoms with Gasteiger partial charge in [0.25, 0.3) is 0 Å².